The van der Waals surface area contributed by atoms with E-state index in [9.17, 15) is 0 Å². The van der Waals surface area contributed by atoms with E-state index in [-0.39, 0.29) is 6.73 Å². The van der Waals surface area contributed by atoms with Crippen molar-refractivity contribution in [3.63, 3.8) is 0 Å². The molecule has 1 heterocycles. The molecule has 0 fully saturated rings. The summed E-state index contributed by atoms with van der Waals surface area (Å²) in [5.74, 6) is 1.64. The zero-order valence-corrected chi connectivity index (χ0v) is 8.53. The van der Waals surface area contributed by atoms with Crippen molar-refractivity contribution in [3.05, 3.63) is 23.8 Å². The largest absolute Gasteiger partial charge is 0.486 e. The maximum absolute atomic E-state index is 8.58. The number of hydrogen-bond donors (Lipinski definition) is 2. The van der Waals surface area contributed by atoms with Crippen molar-refractivity contribution in [1.29, 1.82) is 0 Å². The van der Waals surface area contributed by atoms with Gasteiger partial charge in [-0.1, -0.05) is 6.07 Å². The van der Waals surface area contributed by atoms with E-state index in [0.717, 1.165) is 24.5 Å². The fraction of sp³-hybridized carbons (Fsp3) is 0.455. The van der Waals surface area contributed by atoms with Crippen LogP contribution in [-0.4, -0.2) is 31.6 Å². The highest BCUT2D eigenvalue weighted by Crippen LogP contribution is 2.30. The zero-order chi connectivity index (χ0) is 10.5. The normalized spacial score (nSPS) is 13.9. The van der Waals surface area contributed by atoms with Crippen molar-refractivity contribution in [2.75, 3.05) is 26.5 Å². The Morgan fingerprint density at radius 1 is 1.20 bits per heavy atom. The van der Waals surface area contributed by atoms with Crippen molar-refractivity contribution in [3.8, 4) is 11.5 Å². The smallest absolute Gasteiger partial charge is 0.161 e. The van der Waals surface area contributed by atoms with Crippen LogP contribution in [0.5, 0.6) is 11.5 Å². The van der Waals surface area contributed by atoms with Gasteiger partial charge in [0.05, 0.1) is 6.73 Å². The molecule has 1 aromatic carbocycles. The number of benzene rings is 1. The first-order valence-electron chi connectivity index (χ1n) is 5.10. The first-order valence-corrected chi connectivity index (χ1v) is 5.10. The Bertz CT molecular complexity index is 328. The minimum absolute atomic E-state index is 0.0184. The van der Waals surface area contributed by atoms with Crippen LogP contribution >= 0.6 is 0 Å². The minimum Gasteiger partial charge on any atom is -0.486 e. The van der Waals surface area contributed by atoms with E-state index in [1.807, 2.05) is 18.2 Å². The van der Waals surface area contributed by atoms with Crippen LogP contribution in [0.1, 0.15) is 5.56 Å². The molecule has 1 aliphatic heterocycles. The van der Waals surface area contributed by atoms with Crippen molar-refractivity contribution in [2.45, 2.75) is 6.42 Å². The second kappa shape index (κ2) is 5.00. The molecule has 82 valence electrons. The summed E-state index contributed by atoms with van der Waals surface area (Å²) in [7, 11) is 0. The number of fused-ring (bicyclic) bond motifs is 1. The SMILES string of the molecule is OCNCCc1ccc2c(c1)OCCO2. The number of nitrogens with one attached hydrogen (secondary N) is 1. The van der Waals surface area contributed by atoms with E-state index in [4.69, 9.17) is 14.6 Å². The van der Waals surface area contributed by atoms with E-state index in [2.05, 4.69) is 5.32 Å². The fourth-order valence-corrected chi connectivity index (χ4v) is 1.56. The van der Waals surface area contributed by atoms with E-state index in [0.29, 0.717) is 13.2 Å². The Kier molecular flexibility index (Phi) is 3.42. The van der Waals surface area contributed by atoms with Crippen LogP contribution in [-0.2, 0) is 6.42 Å². The minimum atomic E-state index is 0.0184. The van der Waals surface area contributed by atoms with Gasteiger partial charge in [0.15, 0.2) is 11.5 Å². The monoisotopic (exact) mass is 209 g/mol. The highest BCUT2D eigenvalue weighted by molar-refractivity contribution is 5.43. The number of rotatable bonds is 4. The summed E-state index contributed by atoms with van der Waals surface area (Å²) in [6, 6.07) is 5.95. The van der Waals surface area contributed by atoms with Gasteiger partial charge in [0, 0.05) is 6.54 Å². The Labute approximate surface area is 88.8 Å². The average Bonchev–Trinajstić information content (AvgIpc) is 2.29. The van der Waals surface area contributed by atoms with Crippen LogP contribution in [0.4, 0.5) is 0 Å². The first kappa shape index (κ1) is 10.3. The van der Waals surface area contributed by atoms with Gasteiger partial charge in [-0.25, -0.2) is 0 Å². The average molecular weight is 209 g/mol. The van der Waals surface area contributed by atoms with Crippen molar-refractivity contribution < 1.29 is 14.6 Å². The third-order valence-corrected chi connectivity index (χ3v) is 2.31. The van der Waals surface area contributed by atoms with Gasteiger partial charge >= 0.3 is 0 Å². The lowest BCUT2D eigenvalue weighted by atomic mass is 10.1. The van der Waals surface area contributed by atoms with Gasteiger partial charge < -0.3 is 14.6 Å². The summed E-state index contributed by atoms with van der Waals surface area (Å²) in [4.78, 5) is 0. The van der Waals surface area contributed by atoms with Crippen molar-refractivity contribution in [2.24, 2.45) is 0 Å². The second-order valence-corrected chi connectivity index (χ2v) is 3.39. The Morgan fingerprint density at radius 3 is 2.80 bits per heavy atom. The van der Waals surface area contributed by atoms with Crippen LogP contribution in [0.2, 0.25) is 0 Å². The lowest BCUT2D eigenvalue weighted by Crippen LogP contribution is -2.18. The summed E-state index contributed by atoms with van der Waals surface area (Å²) in [5, 5.41) is 11.4. The van der Waals surface area contributed by atoms with Gasteiger partial charge in [-0.15, -0.1) is 0 Å². The number of hydrogen-bond acceptors (Lipinski definition) is 4. The Balaban J connectivity index is 2.00. The Hall–Kier alpha value is -1.26. The van der Waals surface area contributed by atoms with E-state index >= 15 is 0 Å². The van der Waals surface area contributed by atoms with E-state index in [1.165, 1.54) is 5.56 Å². The lowest BCUT2D eigenvalue weighted by molar-refractivity contribution is 0.171. The molecule has 0 unspecified atom stereocenters. The summed E-state index contributed by atoms with van der Waals surface area (Å²) >= 11 is 0. The number of ether oxygens (including phenoxy) is 2. The predicted octanol–water partition coefficient (Wildman–Crippen LogP) is 0.540. The van der Waals surface area contributed by atoms with Crippen molar-refractivity contribution >= 4 is 0 Å². The Morgan fingerprint density at radius 2 is 2.00 bits per heavy atom. The molecule has 1 aliphatic rings. The molecule has 4 heteroatoms. The van der Waals surface area contributed by atoms with Crippen LogP contribution in [0.3, 0.4) is 0 Å². The molecular weight excluding hydrogens is 194 g/mol. The van der Waals surface area contributed by atoms with Crippen LogP contribution < -0.4 is 14.8 Å². The van der Waals surface area contributed by atoms with Crippen LogP contribution in [0, 0.1) is 0 Å². The summed E-state index contributed by atoms with van der Waals surface area (Å²) in [6.45, 7) is 2.02. The molecule has 0 aromatic heterocycles. The molecule has 15 heavy (non-hydrogen) atoms. The predicted molar refractivity (Wildman–Crippen MR) is 56.2 cm³/mol. The molecule has 2 N–H and O–H groups in total. The van der Waals surface area contributed by atoms with Crippen molar-refractivity contribution in [1.82, 2.24) is 5.32 Å². The quantitative estimate of drug-likeness (QED) is 0.561. The third kappa shape index (κ3) is 2.61. The molecule has 0 spiro atoms. The van der Waals surface area contributed by atoms with Gasteiger partial charge in [0.1, 0.15) is 13.2 Å². The third-order valence-electron chi connectivity index (χ3n) is 2.31. The molecule has 0 saturated carbocycles. The van der Waals surface area contributed by atoms with Crippen LogP contribution in [0.25, 0.3) is 0 Å². The molecule has 2 rings (SSSR count). The van der Waals surface area contributed by atoms with Gasteiger partial charge in [-0.3, -0.25) is 5.32 Å². The lowest BCUT2D eigenvalue weighted by Gasteiger charge is -2.18. The molecule has 1 aromatic rings. The summed E-state index contributed by atoms with van der Waals surface area (Å²) in [5.41, 5.74) is 1.18. The van der Waals surface area contributed by atoms with Gasteiger partial charge in [-0.2, -0.15) is 0 Å². The molecule has 0 amide bonds. The molecule has 0 radical (unpaired) electrons. The molecule has 0 atom stereocenters. The molecule has 0 aliphatic carbocycles. The fourth-order valence-electron chi connectivity index (χ4n) is 1.56. The van der Waals surface area contributed by atoms with Crippen LogP contribution in [0.15, 0.2) is 18.2 Å². The molecule has 4 nitrogen and oxygen atoms in total. The first-order chi connectivity index (χ1) is 7.40. The maximum Gasteiger partial charge on any atom is 0.161 e. The van der Waals surface area contributed by atoms with Gasteiger partial charge in [-0.05, 0) is 24.1 Å². The highest BCUT2D eigenvalue weighted by atomic mass is 16.6. The van der Waals surface area contributed by atoms with E-state index in [1.54, 1.807) is 0 Å². The van der Waals surface area contributed by atoms with E-state index < -0.39 is 0 Å². The molecule has 0 bridgehead atoms. The second-order valence-electron chi connectivity index (χ2n) is 3.39. The number of aliphatic hydroxyl groups excluding tert-OH is 1. The summed E-state index contributed by atoms with van der Waals surface area (Å²) in [6.07, 6.45) is 0.872. The standard InChI is InChI=1S/C11H15NO3/c13-8-12-4-3-9-1-2-10-11(7-9)15-6-5-14-10/h1-2,7,12-13H,3-6,8H2. The summed E-state index contributed by atoms with van der Waals surface area (Å²) < 4.78 is 10.9. The number of aliphatic hydroxyl groups is 1. The molecule has 0 saturated heterocycles. The topological polar surface area (TPSA) is 50.7 Å². The van der Waals surface area contributed by atoms with Gasteiger partial charge in [0.25, 0.3) is 0 Å². The highest BCUT2D eigenvalue weighted by Gasteiger charge is 2.11. The molecular formula is C11H15NO3. The zero-order valence-electron chi connectivity index (χ0n) is 8.53. The van der Waals surface area contributed by atoms with Gasteiger partial charge in [0.2, 0.25) is 0 Å². The maximum atomic E-state index is 8.58.